The predicted molar refractivity (Wildman–Crippen MR) is 111 cm³/mol. The van der Waals surface area contributed by atoms with Crippen molar-refractivity contribution in [2.45, 2.75) is 90.3 Å². The summed E-state index contributed by atoms with van der Waals surface area (Å²) in [4.78, 5) is 61.8. The maximum Gasteiger partial charge on any atom is 0.338 e. The number of hydrogen-bond acceptors (Lipinski definition) is 10. The molecule has 2 fully saturated rings. The van der Waals surface area contributed by atoms with Crippen LogP contribution in [0.15, 0.2) is 11.1 Å². The van der Waals surface area contributed by atoms with Crippen LogP contribution in [0.2, 0.25) is 0 Å². The van der Waals surface area contributed by atoms with Crippen LogP contribution in [0.25, 0.3) is 0 Å². The largest absolute Gasteiger partial charge is 0.461 e. The Morgan fingerprint density at radius 2 is 1.79 bits per heavy atom. The van der Waals surface area contributed by atoms with Crippen molar-refractivity contribution in [2.24, 2.45) is 5.92 Å². The number of fused-ring (bicyclic) bond motifs is 3. The number of ether oxygens (including phenoxy) is 5. The fourth-order valence-electron chi connectivity index (χ4n) is 4.30. The zero-order valence-electron chi connectivity index (χ0n) is 19.7. The second-order valence-electron chi connectivity index (χ2n) is 9.42. The third-order valence-corrected chi connectivity index (χ3v) is 6.23. The molecule has 1 unspecified atom stereocenters. The van der Waals surface area contributed by atoms with E-state index in [-0.39, 0.29) is 29.8 Å². The van der Waals surface area contributed by atoms with Crippen LogP contribution in [0.5, 0.6) is 0 Å². The molecule has 0 aromatic carbocycles. The monoisotopic (exact) mass is 466 g/mol. The fraction of sp³-hybridized carbons (Fsp3) is 0.696. The van der Waals surface area contributed by atoms with Gasteiger partial charge >= 0.3 is 23.9 Å². The van der Waals surface area contributed by atoms with Crippen LogP contribution in [0.1, 0.15) is 60.8 Å². The number of epoxide rings is 1. The molecule has 33 heavy (non-hydrogen) atoms. The molecular formula is C23H30O10. The van der Waals surface area contributed by atoms with E-state index in [2.05, 4.69) is 0 Å². The highest BCUT2D eigenvalue weighted by molar-refractivity contribution is 5.94. The normalized spacial score (nSPS) is 33.6. The summed E-state index contributed by atoms with van der Waals surface area (Å²) in [5.41, 5.74) is -2.10. The molecule has 1 aliphatic carbocycles. The Morgan fingerprint density at radius 3 is 2.36 bits per heavy atom. The molecule has 1 saturated heterocycles. The minimum atomic E-state index is -1.62. The van der Waals surface area contributed by atoms with Crippen molar-refractivity contribution in [3.8, 4) is 0 Å². The van der Waals surface area contributed by atoms with Crippen molar-refractivity contribution in [1.29, 1.82) is 0 Å². The molecule has 10 heteroatoms. The highest BCUT2D eigenvalue weighted by Crippen LogP contribution is 2.50. The molecule has 0 bridgehead atoms. The first-order chi connectivity index (χ1) is 15.3. The lowest BCUT2D eigenvalue weighted by Gasteiger charge is -2.34. The van der Waals surface area contributed by atoms with Gasteiger partial charge < -0.3 is 23.7 Å². The van der Waals surface area contributed by atoms with E-state index in [1.165, 1.54) is 20.8 Å². The van der Waals surface area contributed by atoms with Gasteiger partial charge in [-0.05, 0) is 20.3 Å². The summed E-state index contributed by atoms with van der Waals surface area (Å²) >= 11 is 0. The summed E-state index contributed by atoms with van der Waals surface area (Å²) in [5.74, 6) is -3.45. The van der Waals surface area contributed by atoms with E-state index in [0.29, 0.717) is 6.42 Å². The molecule has 0 amide bonds. The summed E-state index contributed by atoms with van der Waals surface area (Å²) < 4.78 is 27.7. The van der Waals surface area contributed by atoms with E-state index >= 15 is 0 Å². The molecule has 1 saturated carbocycles. The lowest BCUT2D eigenvalue weighted by Crippen LogP contribution is -2.47. The van der Waals surface area contributed by atoms with Gasteiger partial charge in [-0.1, -0.05) is 13.8 Å². The van der Waals surface area contributed by atoms with E-state index in [0.717, 1.165) is 0 Å². The molecule has 5 atom stereocenters. The Hall–Kier alpha value is -2.75. The van der Waals surface area contributed by atoms with E-state index < -0.39 is 65.9 Å². The van der Waals surface area contributed by atoms with E-state index in [4.69, 9.17) is 23.7 Å². The number of ketones is 1. The quantitative estimate of drug-likeness (QED) is 0.334. The zero-order valence-corrected chi connectivity index (χ0v) is 19.7. The number of hydrogen-bond donors (Lipinski definition) is 0. The number of esters is 4. The predicted octanol–water partition coefficient (Wildman–Crippen LogP) is 1.57. The van der Waals surface area contributed by atoms with Crippen molar-refractivity contribution in [3.63, 3.8) is 0 Å². The van der Waals surface area contributed by atoms with E-state index in [9.17, 15) is 24.0 Å². The van der Waals surface area contributed by atoms with Gasteiger partial charge in [0.05, 0.1) is 17.1 Å². The first kappa shape index (κ1) is 24.9. The van der Waals surface area contributed by atoms with E-state index in [1.807, 2.05) is 0 Å². The molecular weight excluding hydrogens is 436 g/mol. The Morgan fingerprint density at radius 1 is 1.12 bits per heavy atom. The highest BCUT2D eigenvalue weighted by Gasteiger charge is 2.63. The minimum absolute atomic E-state index is 0.0211. The summed E-state index contributed by atoms with van der Waals surface area (Å²) in [5, 5.41) is 0. The van der Waals surface area contributed by atoms with Crippen LogP contribution in [0.3, 0.4) is 0 Å². The van der Waals surface area contributed by atoms with Crippen molar-refractivity contribution < 1.29 is 47.7 Å². The smallest absolute Gasteiger partial charge is 0.338 e. The fourth-order valence-corrected chi connectivity index (χ4v) is 4.30. The van der Waals surface area contributed by atoms with Gasteiger partial charge in [0.1, 0.15) is 18.8 Å². The lowest BCUT2D eigenvalue weighted by molar-refractivity contribution is -0.170. The third-order valence-electron chi connectivity index (χ3n) is 6.23. The Labute approximate surface area is 191 Å². The maximum atomic E-state index is 13.2. The first-order valence-corrected chi connectivity index (χ1v) is 11.0. The van der Waals surface area contributed by atoms with Gasteiger partial charge in [0.25, 0.3) is 0 Å². The number of Topliss-reactive ketones (excluding diaryl/α,β-unsaturated/α-hetero) is 1. The molecule has 3 aliphatic rings. The summed E-state index contributed by atoms with van der Waals surface area (Å²) in [7, 11) is 0. The van der Waals surface area contributed by atoms with Gasteiger partial charge in [-0.2, -0.15) is 0 Å². The highest BCUT2D eigenvalue weighted by atomic mass is 16.7. The molecule has 0 aromatic heterocycles. The first-order valence-electron chi connectivity index (χ1n) is 11.0. The number of rotatable bonds is 5. The second-order valence-corrected chi connectivity index (χ2v) is 9.42. The summed E-state index contributed by atoms with van der Waals surface area (Å²) in [6.07, 6.45) is -2.45. The van der Waals surface area contributed by atoms with Gasteiger partial charge in [-0.25, -0.2) is 4.79 Å². The van der Waals surface area contributed by atoms with Gasteiger partial charge in [0.15, 0.2) is 17.5 Å². The van der Waals surface area contributed by atoms with Crippen molar-refractivity contribution >= 4 is 29.7 Å². The van der Waals surface area contributed by atoms with Crippen LogP contribution in [-0.4, -0.2) is 65.8 Å². The molecule has 2 aliphatic heterocycles. The molecule has 2 heterocycles. The number of carbonyl (C=O) groups is 5. The van der Waals surface area contributed by atoms with Crippen molar-refractivity contribution in [1.82, 2.24) is 0 Å². The maximum absolute atomic E-state index is 13.2. The molecule has 0 N–H and O–H groups in total. The lowest BCUT2D eigenvalue weighted by atomic mass is 9.80. The molecule has 0 radical (unpaired) electrons. The standard InChI is InChI=1S/C23H30O10/c1-11(2)20(27)30-15-9-23(6,32-13(4)25)16(26)7-8-22(5)19(33-22)18-17(15)14(21(28)31-18)10-29-12(3)24/h11,15,18-19H,7-10H2,1-6H3/t15?,18-,19+,22+,23+/m1/s1. The molecule has 0 aromatic rings. The van der Waals surface area contributed by atoms with Crippen LogP contribution in [0, 0.1) is 5.92 Å². The molecule has 3 rings (SSSR count). The summed E-state index contributed by atoms with van der Waals surface area (Å²) in [6.45, 7) is 8.52. The van der Waals surface area contributed by atoms with E-state index in [1.54, 1.807) is 20.8 Å². The Balaban J connectivity index is 2.14. The zero-order chi connectivity index (χ0) is 24.7. The average molecular weight is 466 g/mol. The second kappa shape index (κ2) is 8.89. The van der Waals surface area contributed by atoms with Gasteiger partial charge in [0, 0.05) is 32.3 Å². The van der Waals surface area contributed by atoms with Crippen LogP contribution < -0.4 is 0 Å². The van der Waals surface area contributed by atoms with Crippen molar-refractivity contribution in [2.75, 3.05) is 6.61 Å². The van der Waals surface area contributed by atoms with Crippen molar-refractivity contribution in [3.05, 3.63) is 11.1 Å². The van der Waals surface area contributed by atoms with Crippen LogP contribution in [0.4, 0.5) is 0 Å². The molecule has 10 nitrogen and oxygen atoms in total. The average Bonchev–Trinajstić information content (AvgIpc) is 3.25. The van der Waals surface area contributed by atoms with Gasteiger partial charge in [-0.15, -0.1) is 0 Å². The van der Waals surface area contributed by atoms with Gasteiger partial charge in [0.2, 0.25) is 0 Å². The third kappa shape index (κ3) is 5.10. The number of carbonyl (C=O) groups excluding carboxylic acids is 5. The SMILES string of the molecule is CC(=O)OCC1=C2C(OC(=O)C(C)C)C[C@](C)(OC(C)=O)C(=O)CC[C@]3(C)O[C@H]3[C@@H]2OC1=O. The van der Waals surface area contributed by atoms with Gasteiger partial charge in [-0.3, -0.25) is 19.2 Å². The van der Waals surface area contributed by atoms with Crippen LogP contribution in [-0.2, 0) is 47.7 Å². The van der Waals surface area contributed by atoms with Crippen LogP contribution >= 0.6 is 0 Å². The Kier molecular flexibility index (Phi) is 6.70. The molecule has 0 spiro atoms. The Bertz CT molecular complexity index is 918. The summed E-state index contributed by atoms with van der Waals surface area (Å²) in [6, 6.07) is 0. The minimum Gasteiger partial charge on any atom is -0.461 e. The molecule has 182 valence electrons. The topological polar surface area (TPSA) is 135 Å².